The summed E-state index contributed by atoms with van der Waals surface area (Å²) in [6.07, 6.45) is 0. The van der Waals surface area contributed by atoms with Crippen molar-refractivity contribution in [1.82, 2.24) is 19.8 Å². The van der Waals surface area contributed by atoms with E-state index in [2.05, 4.69) is 15.3 Å². The molecule has 3 aromatic rings. The predicted molar refractivity (Wildman–Crippen MR) is 73.4 cm³/mol. The van der Waals surface area contributed by atoms with Gasteiger partial charge < -0.3 is 10.5 Å². The number of nitrogens with two attached hydrogens (primary N) is 1. The van der Waals surface area contributed by atoms with E-state index < -0.39 is 0 Å². The molecule has 2 N–H and O–H groups in total. The third-order valence-corrected chi connectivity index (χ3v) is 3.56. The first kappa shape index (κ1) is 12.1. The van der Waals surface area contributed by atoms with Crippen LogP contribution in [0.3, 0.4) is 0 Å². The highest BCUT2D eigenvalue weighted by molar-refractivity contribution is 7.19. The molecular weight excluding hydrogens is 262 g/mol. The minimum absolute atomic E-state index is 0.500. The molecule has 0 saturated carbocycles. The average molecular weight is 275 g/mol. The average Bonchev–Trinajstić information content (AvgIpc) is 3.00. The van der Waals surface area contributed by atoms with E-state index in [4.69, 9.17) is 10.5 Å². The lowest BCUT2D eigenvalue weighted by Crippen LogP contribution is -2.10. The highest BCUT2D eigenvalue weighted by atomic mass is 32.1. The topological polar surface area (TPSA) is 78.3 Å². The number of benzene rings is 1. The Bertz CT molecular complexity index is 705. The number of aryl methyl sites for hydroxylation is 1. The number of hydrogen-bond donors (Lipinski definition) is 1. The molecule has 0 spiro atoms. The molecule has 1 aromatic carbocycles. The fraction of sp³-hybridized carbons (Fsp3) is 0.250. The van der Waals surface area contributed by atoms with E-state index >= 15 is 0 Å². The van der Waals surface area contributed by atoms with Gasteiger partial charge in [0.25, 0.3) is 0 Å². The fourth-order valence-corrected chi connectivity index (χ4v) is 2.61. The molecule has 0 atom stereocenters. The summed E-state index contributed by atoms with van der Waals surface area (Å²) in [6.45, 7) is 2.89. The molecule has 0 saturated heterocycles. The molecule has 0 amide bonds. The smallest absolute Gasteiger partial charge is 0.234 e. The highest BCUT2D eigenvalue weighted by Gasteiger charge is 2.10. The Labute approximate surface area is 113 Å². The van der Waals surface area contributed by atoms with Gasteiger partial charge in [0, 0.05) is 12.1 Å². The van der Waals surface area contributed by atoms with E-state index in [1.54, 1.807) is 4.52 Å². The Kier molecular flexibility index (Phi) is 3.14. The number of aromatic nitrogens is 4. The molecule has 0 bridgehead atoms. The molecule has 19 heavy (non-hydrogen) atoms. The van der Waals surface area contributed by atoms with Gasteiger partial charge >= 0.3 is 0 Å². The summed E-state index contributed by atoms with van der Waals surface area (Å²) in [4.78, 5) is 0.792. The molecule has 0 fully saturated rings. The standard InChI is InChI=1S/C12H13N5OS/c1-8-14-15-12-17(8)16-11(19-12)9-3-2-4-10(7-9)18-6-5-13/h2-4,7H,5-6,13H2,1H3. The summed E-state index contributed by atoms with van der Waals surface area (Å²) in [5.41, 5.74) is 6.43. The van der Waals surface area contributed by atoms with Crippen molar-refractivity contribution < 1.29 is 4.74 Å². The molecule has 7 heteroatoms. The molecule has 0 aliphatic rings. The van der Waals surface area contributed by atoms with Gasteiger partial charge in [-0.05, 0) is 19.1 Å². The first-order chi connectivity index (χ1) is 9.28. The van der Waals surface area contributed by atoms with Crippen LogP contribution in [-0.2, 0) is 0 Å². The first-order valence-electron chi connectivity index (χ1n) is 5.90. The molecule has 6 nitrogen and oxygen atoms in total. The van der Waals surface area contributed by atoms with E-state index in [0.29, 0.717) is 13.2 Å². The van der Waals surface area contributed by atoms with Crippen LogP contribution in [0.15, 0.2) is 24.3 Å². The zero-order valence-electron chi connectivity index (χ0n) is 10.4. The SMILES string of the molecule is Cc1nnc2sc(-c3cccc(OCCN)c3)nn12. The molecule has 2 heterocycles. The molecular formula is C12H13N5OS. The van der Waals surface area contributed by atoms with Gasteiger partial charge in [-0.25, -0.2) is 0 Å². The zero-order chi connectivity index (χ0) is 13.2. The normalized spacial score (nSPS) is 11.1. The van der Waals surface area contributed by atoms with Gasteiger partial charge in [0.15, 0.2) is 5.82 Å². The molecule has 0 radical (unpaired) electrons. The van der Waals surface area contributed by atoms with E-state index in [-0.39, 0.29) is 0 Å². The summed E-state index contributed by atoms with van der Waals surface area (Å²) in [5, 5.41) is 13.4. The molecule has 0 aliphatic heterocycles. The van der Waals surface area contributed by atoms with Gasteiger partial charge in [-0.15, -0.1) is 10.2 Å². The Morgan fingerprint density at radius 3 is 3.05 bits per heavy atom. The number of fused-ring (bicyclic) bond motifs is 1. The Balaban J connectivity index is 1.96. The van der Waals surface area contributed by atoms with Gasteiger partial charge in [-0.3, -0.25) is 0 Å². The molecule has 0 unspecified atom stereocenters. The van der Waals surface area contributed by atoms with Crippen molar-refractivity contribution in [2.45, 2.75) is 6.92 Å². The second kappa shape index (κ2) is 4.94. The van der Waals surface area contributed by atoms with Gasteiger partial charge in [0.2, 0.25) is 4.96 Å². The number of rotatable bonds is 4. The molecule has 98 valence electrons. The van der Waals surface area contributed by atoms with Gasteiger partial charge in [-0.1, -0.05) is 23.5 Å². The lowest BCUT2D eigenvalue weighted by atomic mass is 10.2. The molecule has 2 aromatic heterocycles. The van der Waals surface area contributed by atoms with E-state index in [1.807, 2.05) is 31.2 Å². The summed E-state index contributed by atoms with van der Waals surface area (Å²) >= 11 is 1.50. The van der Waals surface area contributed by atoms with Crippen molar-refractivity contribution in [2.24, 2.45) is 5.73 Å². The molecule has 3 rings (SSSR count). The minimum atomic E-state index is 0.500. The van der Waals surface area contributed by atoms with Gasteiger partial charge in [0.1, 0.15) is 17.4 Å². The summed E-state index contributed by atoms with van der Waals surface area (Å²) in [7, 11) is 0. The van der Waals surface area contributed by atoms with Crippen LogP contribution in [0, 0.1) is 6.92 Å². The Morgan fingerprint density at radius 2 is 2.26 bits per heavy atom. The van der Waals surface area contributed by atoms with Crippen LogP contribution in [0.1, 0.15) is 5.82 Å². The second-order valence-electron chi connectivity index (χ2n) is 4.01. The number of ether oxygens (including phenoxy) is 1. The van der Waals surface area contributed by atoms with Crippen molar-refractivity contribution >= 4 is 16.3 Å². The third-order valence-electron chi connectivity index (χ3n) is 2.61. The minimum Gasteiger partial charge on any atom is -0.492 e. The number of nitrogens with zero attached hydrogens (tertiary/aromatic N) is 4. The maximum atomic E-state index is 5.51. The van der Waals surface area contributed by atoms with E-state index in [0.717, 1.165) is 27.1 Å². The highest BCUT2D eigenvalue weighted by Crippen LogP contribution is 2.27. The zero-order valence-corrected chi connectivity index (χ0v) is 11.2. The van der Waals surface area contributed by atoms with Gasteiger partial charge in [-0.2, -0.15) is 9.61 Å². The number of hydrogen-bond acceptors (Lipinski definition) is 6. The first-order valence-corrected chi connectivity index (χ1v) is 6.72. The maximum absolute atomic E-state index is 5.51. The quantitative estimate of drug-likeness (QED) is 0.780. The monoisotopic (exact) mass is 275 g/mol. The lowest BCUT2D eigenvalue weighted by molar-refractivity contribution is 0.328. The van der Waals surface area contributed by atoms with Crippen molar-refractivity contribution in [1.29, 1.82) is 0 Å². The third kappa shape index (κ3) is 2.29. The van der Waals surface area contributed by atoms with Crippen LogP contribution in [0.4, 0.5) is 0 Å². The fourth-order valence-electron chi connectivity index (χ4n) is 1.73. The summed E-state index contributed by atoms with van der Waals surface area (Å²) < 4.78 is 7.26. The van der Waals surface area contributed by atoms with Crippen LogP contribution in [0.5, 0.6) is 5.75 Å². The predicted octanol–water partition coefficient (Wildman–Crippen LogP) is 1.50. The maximum Gasteiger partial charge on any atom is 0.234 e. The van der Waals surface area contributed by atoms with E-state index in [1.165, 1.54) is 11.3 Å². The summed E-state index contributed by atoms with van der Waals surface area (Å²) in [6, 6.07) is 7.80. The molecule has 0 aliphatic carbocycles. The lowest BCUT2D eigenvalue weighted by Gasteiger charge is -2.05. The van der Waals surface area contributed by atoms with Crippen molar-refractivity contribution in [3.05, 3.63) is 30.1 Å². The summed E-state index contributed by atoms with van der Waals surface area (Å²) in [5.74, 6) is 1.58. The van der Waals surface area contributed by atoms with Crippen molar-refractivity contribution in [3.8, 4) is 16.3 Å². The Hall–Kier alpha value is -1.99. The van der Waals surface area contributed by atoms with Crippen LogP contribution in [0.2, 0.25) is 0 Å². The Morgan fingerprint density at radius 1 is 1.37 bits per heavy atom. The largest absolute Gasteiger partial charge is 0.492 e. The van der Waals surface area contributed by atoms with Crippen LogP contribution in [-0.4, -0.2) is 33.0 Å². The van der Waals surface area contributed by atoms with Crippen LogP contribution < -0.4 is 10.5 Å². The van der Waals surface area contributed by atoms with Crippen molar-refractivity contribution in [3.63, 3.8) is 0 Å². The van der Waals surface area contributed by atoms with E-state index in [9.17, 15) is 0 Å². The second-order valence-corrected chi connectivity index (χ2v) is 4.97. The van der Waals surface area contributed by atoms with Crippen LogP contribution >= 0.6 is 11.3 Å². The van der Waals surface area contributed by atoms with Crippen molar-refractivity contribution in [2.75, 3.05) is 13.2 Å². The van der Waals surface area contributed by atoms with Crippen LogP contribution in [0.25, 0.3) is 15.5 Å². The van der Waals surface area contributed by atoms with Gasteiger partial charge in [0.05, 0.1) is 0 Å².